The highest BCUT2D eigenvalue weighted by atomic mass is 127. The lowest BCUT2D eigenvalue weighted by atomic mass is 10.0. The van der Waals surface area contributed by atoms with Crippen LogP contribution in [0, 0.1) is 16.4 Å². The number of hydrogen-bond donors (Lipinski definition) is 3. The zero-order valence-corrected chi connectivity index (χ0v) is 16.6. The number of carbonyl (C=O) groups is 2. The lowest BCUT2D eigenvalue weighted by molar-refractivity contribution is -0.118. The van der Waals surface area contributed by atoms with E-state index >= 15 is 0 Å². The number of benzene rings is 2. The Hall–Kier alpha value is -2.09. The van der Waals surface area contributed by atoms with Crippen LogP contribution < -0.4 is 16.0 Å². The maximum atomic E-state index is 12.6. The Morgan fingerprint density at radius 3 is 2.28 bits per heavy atom. The Kier molecular flexibility index (Phi) is 6.81. The van der Waals surface area contributed by atoms with Crippen LogP contribution in [0.3, 0.4) is 0 Å². The summed E-state index contributed by atoms with van der Waals surface area (Å²) in [6.07, 6.45) is 0. The zero-order chi connectivity index (χ0) is 18.4. The van der Waals surface area contributed by atoms with E-state index in [1.807, 2.05) is 57.2 Å². The molecule has 0 aliphatic heterocycles. The third kappa shape index (κ3) is 5.74. The Balaban J connectivity index is 2.03. The molecule has 3 amide bonds. The number of rotatable bonds is 5. The molecule has 1 atom stereocenters. The number of carbonyl (C=O) groups excluding carboxylic acids is 2. The van der Waals surface area contributed by atoms with Crippen molar-refractivity contribution in [2.45, 2.75) is 26.8 Å². The van der Waals surface area contributed by atoms with Crippen LogP contribution in [0.25, 0.3) is 0 Å². The number of para-hydroxylation sites is 1. The second-order valence-electron chi connectivity index (χ2n) is 6.13. The van der Waals surface area contributed by atoms with Gasteiger partial charge in [0.2, 0.25) is 5.91 Å². The number of nitrogens with one attached hydrogen (secondary N) is 3. The Labute approximate surface area is 161 Å². The standard InChI is InChI=1S/C19H22IN3O2/c1-12(2)17(23-19(25)21-15-7-5-4-6-8-15)18(24)22-16-10-9-14(20)11-13(16)3/h4-12,17H,1-3H3,(H,22,24)(H2,21,23,25). The number of urea groups is 1. The number of amides is 3. The third-order valence-electron chi connectivity index (χ3n) is 3.71. The molecule has 1 unspecified atom stereocenters. The Morgan fingerprint density at radius 2 is 1.68 bits per heavy atom. The molecular weight excluding hydrogens is 429 g/mol. The van der Waals surface area contributed by atoms with Crippen LogP contribution in [0.1, 0.15) is 19.4 Å². The van der Waals surface area contributed by atoms with E-state index in [2.05, 4.69) is 38.5 Å². The van der Waals surface area contributed by atoms with Crippen molar-refractivity contribution < 1.29 is 9.59 Å². The maximum absolute atomic E-state index is 12.6. The summed E-state index contributed by atoms with van der Waals surface area (Å²) in [6, 6.07) is 13.9. The van der Waals surface area contributed by atoms with Crippen molar-refractivity contribution in [1.82, 2.24) is 5.32 Å². The highest BCUT2D eigenvalue weighted by molar-refractivity contribution is 14.1. The van der Waals surface area contributed by atoms with Gasteiger partial charge in [-0.3, -0.25) is 4.79 Å². The van der Waals surface area contributed by atoms with Gasteiger partial charge in [0, 0.05) is 14.9 Å². The molecule has 0 radical (unpaired) electrons. The minimum Gasteiger partial charge on any atom is -0.326 e. The van der Waals surface area contributed by atoms with E-state index in [4.69, 9.17) is 0 Å². The third-order valence-corrected chi connectivity index (χ3v) is 4.38. The van der Waals surface area contributed by atoms with Gasteiger partial charge in [0.25, 0.3) is 0 Å². The van der Waals surface area contributed by atoms with Crippen LogP contribution in [-0.2, 0) is 4.79 Å². The molecule has 0 bridgehead atoms. The van der Waals surface area contributed by atoms with Crippen molar-refractivity contribution in [3.8, 4) is 0 Å². The van der Waals surface area contributed by atoms with E-state index < -0.39 is 12.1 Å². The molecule has 0 spiro atoms. The summed E-state index contributed by atoms with van der Waals surface area (Å²) in [5.41, 5.74) is 2.41. The van der Waals surface area contributed by atoms with Gasteiger partial charge in [-0.05, 0) is 71.3 Å². The second kappa shape index (κ2) is 8.84. The highest BCUT2D eigenvalue weighted by Gasteiger charge is 2.24. The maximum Gasteiger partial charge on any atom is 0.319 e. The van der Waals surface area contributed by atoms with Crippen molar-refractivity contribution in [2.75, 3.05) is 10.6 Å². The van der Waals surface area contributed by atoms with Gasteiger partial charge in [0.05, 0.1) is 0 Å². The summed E-state index contributed by atoms with van der Waals surface area (Å²) < 4.78 is 1.11. The van der Waals surface area contributed by atoms with Crippen LogP contribution in [0.2, 0.25) is 0 Å². The Bertz CT molecular complexity index is 748. The average Bonchev–Trinajstić information content (AvgIpc) is 2.55. The molecule has 0 aliphatic rings. The quantitative estimate of drug-likeness (QED) is 0.591. The summed E-state index contributed by atoms with van der Waals surface area (Å²) in [5, 5.41) is 8.39. The molecule has 132 valence electrons. The molecule has 5 nitrogen and oxygen atoms in total. The molecule has 2 rings (SSSR count). The summed E-state index contributed by atoms with van der Waals surface area (Å²) in [7, 11) is 0. The summed E-state index contributed by atoms with van der Waals surface area (Å²) >= 11 is 2.23. The minimum absolute atomic E-state index is 0.0503. The monoisotopic (exact) mass is 451 g/mol. The first-order valence-corrected chi connectivity index (χ1v) is 9.14. The van der Waals surface area contributed by atoms with Crippen molar-refractivity contribution in [2.24, 2.45) is 5.92 Å². The highest BCUT2D eigenvalue weighted by Crippen LogP contribution is 2.18. The van der Waals surface area contributed by atoms with E-state index in [9.17, 15) is 9.59 Å². The Morgan fingerprint density at radius 1 is 1.00 bits per heavy atom. The smallest absolute Gasteiger partial charge is 0.319 e. The minimum atomic E-state index is -0.637. The second-order valence-corrected chi connectivity index (χ2v) is 7.38. The topological polar surface area (TPSA) is 70.2 Å². The van der Waals surface area contributed by atoms with Gasteiger partial charge in [0.1, 0.15) is 6.04 Å². The summed E-state index contributed by atoms with van der Waals surface area (Å²) in [4.78, 5) is 24.8. The number of hydrogen-bond acceptors (Lipinski definition) is 2. The fourth-order valence-corrected chi connectivity index (χ4v) is 2.99. The molecule has 2 aromatic carbocycles. The average molecular weight is 451 g/mol. The fraction of sp³-hybridized carbons (Fsp3) is 0.263. The van der Waals surface area contributed by atoms with Crippen molar-refractivity contribution in [3.63, 3.8) is 0 Å². The van der Waals surface area contributed by atoms with Crippen LogP contribution in [0.5, 0.6) is 0 Å². The molecule has 6 heteroatoms. The fourth-order valence-electron chi connectivity index (χ4n) is 2.34. The van der Waals surface area contributed by atoms with E-state index in [0.717, 1.165) is 14.8 Å². The van der Waals surface area contributed by atoms with E-state index in [0.29, 0.717) is 5.69 Å². The largest absolute Gasteiger partial charge is 0.326 e. The van der Waals surface area contributed by atoms with Gasteiger partial charge in [0.15, 0.2) is 0 Å². The van der Waals surface area contributed by atoms with Crippen LogP contribution in [0.15, 0.2) is 48.5 Å². The van der Waals surface area contributed by atoms with Gasteiger partial charge in [-0.25, -0.2) is 4.79 Å². The van der Waals surface area contributed by atoms with Crippen molar-refractivity contribution in [1.29, 1.82) is 0 Å². The van der Waals surface area contributed by atoms with Gasteiger partial charge < -0.3 is 16.0 Å². The number of aryl methyl sites for hydroxylation is 1. The lowest BCUT2D eigenvalue weighted by Gasteiger charge is -2.22. The predicted octanol–water partition coefficient (Wildman–Crippen LogP) is 4.38. The van der Waals surface area contributed by atoms with Gasteiger partial charge >= 0.3 is 6.03 Å². The number of halogens is 1. The molecular formula is C19H22IN3O2. The van der Waals surface area contributed by atoms with E-state index in [1.54, 1.807) is 12.1 Å². The molecule has 2 aromatic rings. The van der Waals surface area contributed by atoms with Crippen LogP contribution in [0.4, 0.5) is 16.2 Å². The van der Waals surface area contributed by atoms with Crippen molar-refractivity contribution >= 4 is 45.9 Å². The SMILES string of the molecule is Cc1cc(I)ccc1NC(=O)C(NC(=O)Nc1ccccc1)C(C)C. The van der Waals surface area contributed by atoms with E-state index in [1.165, 1.54) is 0 Å². The first kappa shape index (κ1) is 19.2. The lowest BCUT2D eigenvalue weighted by Crippen LogP contribution is -2.48. The first-order valence-electron chi connectivity index (χ1n) is 8.06. The first-order chi connectivity index (χ1) is 11.9. The van der Waals surface area contributed by atoms with Crippen LogP contribution >= 0.6 is 22.6 Å². The molecule has 0 saturated heterocycles. The number of anilines is 2. The summed E-state index contributed by atoms with van der Waals surface area (Å²) in [5.74, 6) is -0.284. The van der Waals surface area contributed by atoms with E-state index in [-0.39, 0.29) is 11.8 Å². The van der Waals surface area contributed by atoms with Crippen molar-refractivity contribution in [3.05, 3.63) is 57.7 Å². The molecule has 0 aromatic heterocycles. The summed E-state index contributed by atoms with van der Waals surface area (Å²) in [6.45, 7) is 5.74. The molecule has 0 fully saturated rings. The molecule has 0 heterocycles. The van der Waals surface area contributed by atoms with Gasteiger partial charge in [-0.1, -0.05) is 32.0 Å². The molecule has 3 N–H and O–H groups in total. The van der Waals surface area contributed by atoms with Gasteiger partial charge in [-0.2, -0.15) is 0 Å². The molecule has 0 aliphatic carbocycles. The normalized spacial score (nSPS) is 11.7. The van der Waals surface area contributed by atoms with Crippen LogP contribution in [-0.4, -0.2) is 18.0 Å². The zero-order valence-electron chi connectivity index (χ0n) is 14.5. The van der Waals surface area contributed by atoms with Gasteiger partial charge in [-0.15, -0.1) is 0 Å². The molecule has 0 saturated carbocycles. The molecule has 25 heavy (non-hydrogen) atoms. The predicted molar refractivity (Wildman–Crippen MR) is 110 cm³/mol.